The zero-order valence-electron chi connectivity index (χ0n) is 19.7. The van der Waals surface area contributed by atoms with Gasteiger partial charge < -0.3 is 0 Å². The van der Waals surface area contributed by atoms with Crippen LogP contribution in [0.5, 0.6) is 0 Å². The molecule has 0 aliphatic heterocycles. The van der Waals surface area contributed by atoms with Crippen LogP contribution in [0.1, 0.15) is 48.5 Å². The third-order valence-corrected chi connectivity index (χ3v) is 5.27. The normalized spacial score (nSPS) is 20.0. The fourth-order valence-corrected chi connectivity index (χ4v) is 3.49. The summed E-state index contributed by atoms with van der Waals surface area (Å²) in [5.74, 6) is 0.139. The minimum Gasteiger partial charge on any atom is -0.289 e. The van der Waals surface area contributed by atoms with Gasteiger partial charge in [-0.2, -0.15) is 0 Å². The number of para-hydroxylation sites is 1. The number of nitrogens with zero attached hydrogens (tertiary/aromatic N) is 2. The van der Waals surface area contributed by atoms with Crippen molar-refractivity contribution >= 4 is 22.9 Å². The molecule has 0 radical (unpaired) electrons. The van der Waals surface area contributed by atoms with Crippen molar-refractivity contribution in [2.75, 3.05) is 0 Å². The number of allylic oxidation sites excluding steroid dienone is 9. The molecule has 1 aromatic rings. The number of ketones is 1. The van der Waals surface area contributed by atoms with Gasteiger partial charge in [-0.25, -0.2) is 4.99 Å². The van der Waals surface area contributed by atoms with E-state index in [0.717, 1.165) is 39.4 Å². The Morgan fingerprint density at radius 3 is 1.90 bits per heavy atom. The number of carbonyl (C=O) groups excluding carboxylic acids is 1. The maximum Gasteiger partial charge on any atom is 0.186 e. The van der Waals surface area contributed by atoms with Crippen molar-refractivity contribution in [3.05, 3.63) is 89.2 Å². The van der Waals surface area contributed by atoms with Gasteiger partial charge in [0.2, 0.25) is 0 Å². The minimum absolute atomic E-state index is 0.139. The quantitative estimate of drug-likeness (QED) is 0.476. The maximum absolute atomic E-state index is 13.1. The van der Waals surface area contributed by atoms with Crippen molar-refractivity contribution in [2.24, 2.45) is 20.8 Å². The molecule has 0 atom stereocenters. The zero-order valence-corrected chi connectivity index (χ0v) is 19.7. The summed E-state index contributed by atoms with van der Waals surface area (Å²) in [7, 11) is 0. The highest BCUT2D eigenvalue weighted by Crippen LogP contribution is 2.38. The van der Waals surface area contributed by atoms with E-state index in [0.29, 0.717) is 0 Å². The van der Waals surface area contributed by atoms with Crippen LogP contribution < -0.4 is 0 Å². The second-order valence-electron chi connectivity index (χ2n) is 10.1. The van der Waals surface area contributed by atoms with Gasteiger partial charge in [0.15, 0.2) is 5.78 Å². The number of hydrogen-bond donors (Lipinski definition) is 0. The highest BCUT2D eigenvalue weighted by molar-refractivity contribution is 6.21. The number of carbonyl (C=O) groups is 1. The van der Waals surface area contributed by atoms with Crippen LogP contribution in [-0.4, -0.2) is 17.2 Å². The number of aliphatic imine (C=N–C) groups is 2. The van der Waals surface area contributed by atoms with Crippen LogP contribution in [0.2, 0.25) is 0 Å². The molecule has 2 aliphatic rings. The lowest BCUT2D eigenvalue weighted by Crippen LogP contribution is -2.27. The van der Waals surface area contributed by atoms with Crippen LogP contribution in [0.3, 0.4) is 0 Å². The predicted molar refractivity (Wildman–Crippen MR) is 132 cm³/mol. The SMILES string of the molecule is CC1=CC(=Nc2ccccc2)C=CC1=NC=C1C=C(C(C)(C)C)C(=O)C(C(C)(C)C)=C1. The van der Waals surface area contributed by atoms with Crippen LogP contribution in [0.4, 0.5) is 5.69 Å². The van der Waals surface area contributed by atoms with Crippen LogP contribution >= 0.6 is 0 Å². The largest absolute Gasteiger partial charge is 0.289 e. The van der Waals surface area contributed by atoms with Gasteiger partial charge in [0.05, 0.1) is 17.1 Å². The van der Waals surface area contributed by atoms with Crippen molar-refractivity contribution in [3.63, 3.8) is 0 Å². The molecule has 0 N–H and O–H groups in total. The monoisotopic (exact) mass is 412 g/mol. The van der Waals surface area contributed by atoms with Crippen LogP contribution in [0, 0.1) is 10.8 Å². The molecule has 31 heavy (non-hydrogen) atoms. The van der Waals surface area contributed by atoms with Gasteiger partial charge in [-0.1, -0.05) is 59.7 Å². The van der Waals surface area contributed by atoms with E-state index in [2.05, 4.69) is 46.5 Å². The topological polar surface area (TPSA) is 41.8 Å². The lowest BCUT2D eigenvalue weighted by molar-refractivity contribution is -0.114. The van der Waals surface area contributed by atoms with Gasteiger partial charge in [0.1, 0.15) is 0 Å². The Bertz CT molecular complexity index is 1050. The van der Waals surface area contributed by atoms with E-state index in [9.17, 15) is 4.79 Å². The van der Waals surface area contributed by atoms with Gasteiger partial charge in [-0.05, 0) is 71.4 Å². The van der Waals surface area contributed by atoms with E-state index in [1.807, 2.05) is 73.8 Å². The first-order valence-electron chi connectivity index (χ1n) is 10.7. The zero-order chi connectivity index (χ0) is 22.8. The lowest BCUT2D eigenvalue weighted by Gasteiger charge is -2.31. The van der Waals surface area contributed by atoms with Crippen LogP contribution in [-0.2, 0) is 4.79 Å². The summed E-state index contributed by atoms with van der Waals surface area (Å²) in [6, 6.07) is 9.92. The van der Waals surface area contributed by atoms with Crippen molar-refractivity contribution in [3.8, 4) is 0 Å². The second-order valence-corrected chi connectivity index (χ2v) is 10.1. The second kappa shape index (κ2) is 8.58. The first kappa shape index (κ1) is 22.6. The summed E-state index contributed by atoms with van der Waals surface area (Å²) in [4.78, 5) is 22.5. The van der Waals surface area contributed by atoms with Gasteiger partial charge in [-0.3, -0.25) is 9.79 Å². The Hall–Kier alpha value is -3.07. The van der Waals surface area contributed by atoms with E-state index >= 15 is 0 Å². The number of benzene rings is 1. The van der Waals surface area contributed by atoms with E-state index in [1.54, 1.807) is 0 Å². The molecule has 0 unspecified atom stereocenters. The molecule has 0 aromatic heterocycles. The third-order valence-electron chi connectivity index (χ3n) is 5.27. The minimum atomic E-state index is -0.225. The summed E-state index contributed by atoms with van der Waals surface area (Å²) < 4.78 is 0. The Morgan fingerprint density at radius 2 is 1.39 bits per heavy atom. The highest BCUT2D eigenvalue weighted by atomic mass is 16.1. The molecule has 0 heterocycles. The van der Waals surface area contributed by atoms with Gasteiger partial charge in [0.25, 0.3) is 0 Å². The molecule has 3 heteroatoms. The molecule has 0 amide bonds. The Kier molecular flexibility index (Phi) is 6.26. The van der Waals surface area contributed by atoms with Crippen LogP contribution in [0.25, 0.3) is 0 Å². The third kappa shape index (κ3) is 5.55. The average Bonchev–Trinajstić information content (AvgIpc) is 2.67. The van der Waals surface area contributed by atoms with E-state index < -0.39 is 0 Å². The lowest BCUT2D eigenvalue weighted by atomic mass is 9.72. The highest BCUT2D eigenvalue weighted by Gasteiger charge is 2.33. The smallest absolute Gasteiger partial charge is 0.186 e. The number of Topliss-reactive ketones (excluding diaryl/α,β-unsaturated/α-hetero) is 1. The summed E-state index contributed by atoms with van der Waals surface area (Å²) in [6.07, 6.45) is 11.8. The fraction of sp³-hybridized carbons (Fsp3) is 0.321. The number of rotatable bonds is 2. The molecule has 0 saturated carbocycles. The molecule has 2 aliphatic carbocycles. The molecule has 160 valence electrons. The summed E-state index contributed by atoms with van der Waals surface area (Å²) in [6.45, 7) is 14.5. The van der Waals surface area contributed by atoms with Gasteiger partial charge in [-0.15, -0.1) is 0 Å². The standard InChI is InChI=1S/C28H32N2O/c1-19-15-22(30-21-11-9-8-10-12-21)13-14-25(19)29-18-20-16-23(27(2,3)4)26(31)24(17-20)28(5,6)7/h8-18H,1-7H3. The molecule has 0 spiro atoms. The van der Waals surface area contributed by atoms with Crippen molar-refractivity contribution in [2.45, 2.75) is 48.5 Å². The van der Waals surface area contributed by atoms with Crippen molar-refractivity contribution in [1.82, 2.24) is 0 Å². The average molecular weight is 413 g/mol. The van der Waals surface area contributed by atoms with E-state index in [4.69, 9.17) is 4.99 Å². The van der Waals surface area contributed by atoms with Gasteiger partial charge >= 0.3 is 0 Å². The first-order chi connectivity index (χ1) is 14.4. The molecule has 1 aromatic carbocycles. The molecular weight excluding hydrogens is 380 g/mol. The van der Waals surface area contributed by atoms with E-state index in [1.165, 1.54) is 0 Å². The Morgan fingerprint density at radius 1 is 0.806 bits per heavy atom. The summed E-state index contributed by atoms with van der Waals surface area (Å²) >= 11 is 0. The summed E-state index contributed by atoms with van der Waals surface area (Å²) in [5.41, 5.74) is 5.95. The molecular formula is C28H32N2O. The fourth-order valence-electron chi connectivity index (χ4n) is 3.49. The molecule has 3 nitrogen and oxygen atoms in total. The predicted octanol–water partition coefficient (Wildman–Crippen LogP) is 7.13. The molecule has 0 bridgehead atoms. The van der Waals surface area contributed by atoms with Gasteiger partial charge in [0, 0.05) is 17.3 Å². The molecule has 0 saturated heterocycles. The summed E-state index contributed by atoms with van der Waals surface area (Å²) in [5, 5.41) is 0. The van der Waals surface area contributed by atoms with Crippen molar-refractivity contribution < 1.29 is 4.79 Å². The van der Waals surface area contributed by atoms with Crippen molar-refractivity contribution in [1.29, 1.82) is 0 Å². The Labute approximate surface area is 186 Å². The Balaban J connectivity index is 1.94. The molecule has 3 rings (SSSR count). The van der Waals surface area contributed by atoms with E-state index in [-0.39, 0.29) is 16.6 Å². The first-order valence-corrected chi connectivity index (χ1v) is 10.7. The number of hydrogen-bond acceptors (Lipinski definition) is 3. The maximum atomic E-state index is 13.1. The molecule has 0 fully saturated rings. The van der Waals surface area contributed by atoms with Crippen LogP contribution in [0.15, 0.2) is 99.2 Å².